The molecule has 6 heteroatoms. The van der Waals surface area contributed by atoms with Crippen LogP contribution in [-0.2, 0) is 16.1 Å². The van der Waals surface area contributed by atoms with E-state index < -0.39 is 11.9 Å². The quantitative estimate of drug-likeness (QED) is 0.657. The van der Waals surface area contributed by atoms with Crippen LogP contribution in [-0.4, -0.2) is 30.7 Å². The Labute approximate surface area is 154 Å². The van der Waals surface area contributed by atoms with E-state index in [0.717, 1.165) is 31.2 Å². The first-order chi connectivity index (χ1) is 12.5. The monoisotopic (exact) mass is 363 g/mol. The lowest BCUT2D eigenvalue weighted by molar-refractivity contribution is -0.144. The third-order valence-electron chi connectivity index (χ3n) is 4.84. The summed E-state index contributed by atoms with van der Waals surface area (Å²) in [5, 5.41) is 12.1. The Morgan fingerprint density at radius 3 is 2.69 bits per heavy atom. The average molecular weight is 363 g/mol. The highest BCUT2D eigenvalue weighted by Crippen LogP contribution is 2.30. The van der Waals surface area contributed by atoms with Gasteiger partial charge in [-0.05, 0) is 43.4 Å². The molecule has 0 radical (unpaired) electrons. The van der Waals surface area contributed by atoms with Gasteiger partial charge in [-0.15, -0.1) is 0 Å². The van der Waals surface area contributed by atoms with Gasteiger partial charge in [0.15, 0.2) is 11.5 Å². The number of carboxylic acid groups (broad SMARTS) is 1. The van der Waals surface area contributed by atoms with Gasteiger partial charge in [0.05, 0.1) is 19.6 Å². The van der Waals surface area contributed by atoms with E-state index >= 15 is 0 Å². The maximum Gasteiger partial charge on any atom is 0.306 e. The minimum absolute atomic E-state index is 0.0711. The predicted molar refractivity (Wildman–Crippen MR) is 98.3 cm³/mol. The second kappa shape index (κ2) is 10.0. The number of carbonyl (C=O) groups is 2. The number of unbranched alkanes of at least 4 members (excludes halogenated alkanes) is 1. The van der Waals surface area contributed by atoms with Crippen molar-refractivity contribution < 1.29 is 24.2 Å². The second-order valence-corrected chi connectivity index (χ2v) is 6.80. The molecule has 1 aliphatic rings. The van der Waals surface area contributed by atoms with Crippen LogP contribution < -0.4 is 14.8 Å². The number of amides is 1. The number of benzene rings is 1. The van der Waals surface area contributed by atoms with Crippen LogP contribution >= 0.6 is 0 Å². The first-order valence-electron chi connectivity index (χ1n) is 9.35. The summed E-state index contributed by atoms with van der Waals surface area (Å²) in [5.74, 6) is -0.143. The maximum atomic E-state index is 12.4. The Hall–Kier alpha value is -2.24. The van der Waals surface area contributed by atoms with E-state index in [2.05, 4.69) is 12.2 Å². The van der Waals surface area contributed by atoms with Crippen LogP contribution in [0.25, 0.3) is 0 Å². The van der Waals surface area contributed by atoms with Gasteiger partial charge in [0.2, 0.25) is 5.91 Å². The molecule has 1 fully saturated rings. The number of ether oxygens (including phenoxy) is 2. The van der Waals surface area contributed by atoms with Crippen molar-refractivity contribution in [3.05, 3.63) is 23.8 Å². The summed E-state index contributed by atoms with van der Waals surface area (Å²) >= 11 is 0. The van der Waals surface area contributed by atoms with Gasteiger partial charge in [-0.2, -0.15) is 0 Å². The number of rotatable bonds is 9. The van der Waals surface area contributed by atoms with Crippen molar-refractivity contribution in [1.29, 1.82) is 0 Å². The Morgan fingerprint density at radius 1 is 1.23 bits per heavy atom. The van der Waals surface area contributed by atoms with Crippen LogP contribution in [0.15, 0.2) is 18.2 Å². The van der Waals surface area contributed by atoms with Gasteiger partial charge >= 0.3 is 5.97 Å². The summed E-state index contributed by atoms with van der Waals surface area (Å²) in [6.07, 6.45) is 4.68. The molecule has 0 aliphatic heterocycles. The standard InChI is InChI=1S/C20H29NO5/c1-3-4-10-26-17-9-8-14(11-18(17)25-2)13-21-19(22)15-6-5-7-16(12-15)20(23)24/h8-9,11,15-16H,3-7,10,12-13H2,1-2H3,(H,21,22)(H,23,24). The van der Waals surface area contributed by atoms with Gasteiger partial charge in [-0.1, -0.05) is 25.8 Å². The summed E-state index contributed by atoms with van der Waals surface area (Å²) in [6, 6.07) is 5.63. The van der Waals surface area contributed by atoms with Gasteiger partial charge < -0.3 is 19.9 Å². The van der Waals surface area contributed by atoms with Crippen molar-refractivity contribution >= 4 is 11.9 Å². The zero-order chi connectivity index (χ0) is 18.9. The summed E-state index contributed by atoms with van der Waals surface area (Å²) < 4.78 is 11.1. The van der Waals surface area contributed by atoms with Crippen LogP contribution in [0.3, 0.4) is 0 Å². The van der Waals surface area contributed by atoms with E-state index in [-0.39, 0.29) is 11.8 Å². The molecule has 0 spiro atoms. The molecule has 0 bridgehead atoms. The molecule has 1 saturated carbocycles. The Balaban J connectivity index is 1.90. The van der Waals surface area contributed by atoms with Gasteiger partial charge in [-0.3, -0.25) is 9.59 Å². The minimum atomic E-state index is -0.800. The lowest BCUT2D eigenvalue weighted by Crippen LogP contribution is -2.35. The van der Waals surface area contributed by atoms with Gasteiger partial charge in [0, 0.05) is 12.5 Å². The fraction of sp³-hybridized carbons (Fsp3) is 0.600. The highest BCUT2D eigenvalue weighted by molar-refractivity contribution is 5.80. The molecule has 26 heavy (non-hydrogen) atoms. The van der Waals surface area contributed by atoms with Gasteiger partial charge in [0.25, 0.3) is 0 Å². The van der Waals surface area contributed by atoms with Crippen LogP contribution in [0.4, 0.5) is 0 Å². The Bertz CT molecular complexity index is 616. The van der Waals surface area contributed by atoms with E-state index in [9.17, 15) is 9.59 Å². The molecule has 1 aromatic carbocycles. The summed E-state index contributed by atoms with van der Waals surface area (Å²) in [5.41, 5.74) is 0.920. The van der Waals surface area contributed by atoms with E-state index in [1.54, 1.807) is 7.11 Å². The summed E-state index contributed by atoms with van der Waals surface area (Å²) in [6.45, 7) is 3.14. The molecule has 144 valence electrons. The molecule has 1 amide bonds. The highest BCUT2D eigenvalue weighted by Gasteiger charge is 2.30. The zero-order valence-electron chi connectivity index (χ0n) is 15.6. The topological polar surface area (TPSA) is 84.9 Å². The minimum Gasteiger partial charge on any atom is -0.493 e. The van der Waals surface area contributed by atoms with Crippen LogP contribution in [0.2, 0.25) is 0 Å². The van der Waals surface area contributed by atoms with Crippen LogP contribution in [0.1, 0.15) is 51.0 Å². The summed E-state index contributed by atoms with van der Waals surface area (Å²) in [7, 11) is 1.60. The van der Waals surface area contributed by atoms with Crippen LogP contribution in [0, 0.1) is 11.8 Å². The molecule has 2 atom stereocenters. The highest BCUT2D eigenvalue weighted by atomic mass is 16.5. The van der Waals surface area contributed by atoms with Gasteiger partial charge in [-0.25, -0.2) is 0 Å². The number of hydrogen-bond acceptors (Lipinski definition) is 4. The van der Waals surface area contributed by atoms with Crippen molar-refractivity contribution in [3.8, 4) is 11.5 Å². The van der Waals surface area contributed by atoms with Crippen molar-refractivity contribution in [3.63, 3.8) is 0 Å². The molecule has 2 unspecified atom stereocenters. The molecule has 0 aromatic heterocycles. The second-order valence-electron chi connectivity index (χ2n) is 6.80. The molecule has 0 heterocycles. The zero-order valence-corrected chi connectivity index (χ0v) is 15.6. The Morgan fingerprint density at radius 2 is 2.00 bits per heavy atom. The average Bonchev–Trinajstić information content (AvgIpc) is 2.66. The molecule has 1 aromatic rings. The Kier molecular flexibility index (Phi) is 7.75. The number of carboxylic acids is 1. The third kappa shape index (κ3) is 5.64. The first kappa shape index (κ1) is 20.1. The fourth-order valence-corrected chi connectivity index (χ4v) is 3.25. The normalized spacial score (nSPS) is 19.6. The largest absolute Gasteiger partial charge is 0.493 e. The number of nitrogens with one attached hydrogen (secondary N) is 1. The first-order valence-corrected chi connectivity index (χ1v) is 9.35. The van der Waals surface area contributed by atoms with Crippen molar-refractivity contribution in [2.45, 2.75) is 52.0 Å². The number of methoxy groups -OCH3 is 1. The molecule has 2 N–H and O–H groups in total. The molecule has 2 rings (SSSR count). The van der Waals surface area contributed by atoms with E-state index in [1.807, 2.05) is 18.2 Å². The SMILES string of the molecule is CCCCOc1ccc(CNC(=O)C2CCCC(C(=O)O)C2)cc1OC. The molecule has 0 saturated heterocycles. The smallest absolute Gasteiger partial charge is 0.306 e. The molecule has 6 nitrogen and oxygen atoms in total. The number of aliphatic carboxylic acids is 1. The predicted octanol–water partition coefficient (Wildman–Crippen LogP) is 3.38. The third-order valence-corrected chi connectivity index (χ3v) is 4.84. The number of hydrogen-bond donors (Lipinski definition) is 2. The molecular weight excluding hydrogens is 334 g/mol. The maximum absolute atomic E-state index is 12.4. The van der Waals surface area contributed by atoms with E-state index in [1.165, 1.54) is 0 Å². The fourth-order valence-electron chi connectivity index (χ4n) is 3.25. The van der Waals surface area contributed by atoms with E-state index in [4.69, 9.17) is 14.6 Å². The number of carbonyl (C=O) groups excluding carboxylic acids is 1. The van der Waals surface area contributed by atoms with Crippen molar-refractivity contribution in [2.75, 3.05) is 13.7 Å². The van der Waals surface area contributed by atoms with Crippen LogP contribution in [0.5, 0.6) is 11.5 Å². The van der Waals surface area contributed by atoms with Crippen molar-refractivity contribution in [2.24, 2.45) is 11.8 Å². The molecule has 1 aliphatic carbocycles. The van der Waals surface area contributed by atoms with Gasteiger partial charge in [0.1, 0.15) is 0 Å². The van der Waals surface area contributed by atoms with Crippen molar-refractivity contribution in [1.82, 2.24) is 5.32 Å². The molecular formula is C20H29NO5. The summed E-state index contributed by atoms with van der Waals surface area (Å²) in [4.78, 5) is 23.5. The lowest BCUT2D eigenvalue weighted by Gasteiger charge is -2.25. The lowest BCUT2D eigenvalue weighted by atomic mass is 9.81. The van der Waals surface area contributed by atoms with E-state index in [0.29, 0.717) is 37.5 Å².